The summed E-state index contributed by atoms with van der Waals surface area (Å²) >= 11 is 6.22. The van der Waals surface area contributed by atoms with E-state index in [1.165, 1.54) is 13.1 Å². The van der Waals surface area contributed by atoms with Crippen LogP contribution in [-0.2, 0) is 11.3 Å². The number of likely N-dealkylation sites (N-methyl/N-ethyl adjacent to an activating group) is 1. The molecule has 6 nitrogen and oxygen atoms in total. The minimum absolute atomic E-state index is 0.116. The van der Waals surface area contributed by atoms with Crippen molar-refractivity contribution in [2.24, 2.45) is 0 Å². The third-order valence-corrected chi connectivity index (χ3v) is 5.32. The van der Waals surface area contributed by atoms with Crippen molar-refractivity contribution < 1.29 is 18.4 Å². The number of halogens is 3. The summed E-state index contributed by atoms with van der Waals surface area (Å²) in [6, 6.07) is 9.15. The predicted molar refractivity (Wildman–Crippen MR) is 113 cm³/mol. The topological polar surface area (TPSA) is 76.0 Å². The van der Waals surface area contributed by atoms with Crippen LogP contribution in [0.25, 0.3) is 0 Å². The molecule has 0 fully saturated rings. The molecule has 31 heavy (non-hydrogen) atoms. The summed E-state index contributed by atoms with van der Waals surface area (Å²) in [5, 5.41) is 10.0. The largest absolute Gasteiger partial charge is 0.357 e. The highest BCUT2D eigenvalue weighted by atomic mass is 35.5. The van der Waals surface area contributed by atoms with Crippen molar-refractivity contribution in [3.8, 4) is 0 Å². The van der Waals surface area contributed by atoms with Gasteiger partial charge in [0.05, 0.1) is 17.8 Å². The van der Waals surface area contributed by atoms with Crippen LogP contribution in [0, 0.1) is 25.5 Å². The third-order valence-electron chi connectivity index (χ3n) is 4.95. The van der Waals surface area contributed by atoms with E-state index in [-0.39, 0.29) is 5.56 Å². The average Bonchev–Trinajstić information content (AvgIpc) is 3.02. The first kappa shape index (κ1) is 22.4. The number of rotatable bonds is 6. The van der Waals surface area contributed by atoms with E-state index < -0.39 is 29.5 Å². The van der Waals surface area contributed by atoms with Crippen molar-refractivity contribution in [3.05, 3.63) is 87.2 Å². The van der Waals surface area contributed by atoms with Gasteiger partial charge in [-0.2, -0.15) is 5.10 Å². The Kier molecular flexibility index (Phi) is 6.70. The molecule has 1 atom stereocenters. The Hall–Kier alpha value is -3.26. The number of benzene rings is 2. The minimum atomic E-state index is -1.21. The zero-order valence-electron chi connectivity index (χ0n) is 17.2. The fourth-order valence-electron chi connectivity index (χ4n) is 3.31. The summed E-state index contributed by atoms with van der Waals surface area (Å²) in [6.07, 6.45) is 0. The van der Waals surface area contributed by atoms with Crippen molar-refractivity contribution in [1.82, 2.24) is 20.4 Å². The lowest BCUT2D eigenvalue weighted by atomic mass is 10.0. The number of nitrogens with one attached hydrogen (secondary N) is 2. The Morgan fingerprint density at radius 3 is 2.48 bits per heavy atom. The minimum Gasteiger partial charge on any atom is -0.357 e. The predicted octanol–water partition coefficient (Wildman–Crippen LogP) is 3.70. The van der Waals surface area contributed by atoms with Gasteiger partial charge in [-0.05, 0) is 43.2 Å². The third kappa shape index (κ3) is 4.74. The molecule has 0 aliphatic heterocycles. The lowest BCUT2D eigenvalue weighted by Gasteiger charge is -2.18. The van der Waals surface area contributed by atoms with Crippen LogP contribution in [0.3, 0.4) is 0 Å². The number of aromatic nitrogens is 2. The van der Waals surface area contributed by atoms with Gasteiger partial charge in [0, 0.05) is 17.8 Å². The molecular weight excluding hydrogens is 426 g/mol. The van der Waals surface area contributed by atoms with Gasteiger partial charge in [-0.1, -0.05) is 35.9 Å². The molecule has 0 saturated carbocycles. The van der Waals surface area contributed by atoms with Crippen molar-refractivity contribution >= 4 is 23.4 Å². The molecule has 0 aliphatic rings. The smallest absolute Gasteiger partial charge is 0.255 e. The Bertz CT molecular complexity index is 1150. The number of hydrogen-bond donors (Lipinski definition) is 2. The molecule has 2 N–H and O–H groups in total. The van der Waals surface area contributed by atoms with E-state index in [9.17, 15) is 18.4 Å². The molecule has 0 spiro atoms. The maximum absolute atomic E-state index is 13.7. The molecule has 162 valence electrons. The van der Waals surface area contributed by atoms with Crippen LogP contribution >= 0.6 is 11.6 Å². The standard InChI is InChI=1S/C22H21ClF2N4O2/c1-12-19(13(2)29(28-12)11-15-6-4-5-7-16(15)23)21(30)27-20(22(31)26-3)14-8-9-17(24)18(25)10-14/h4-10,20H,11H2,1-3H3,(H,26,31)(H,27,30). The van der Waals surface area contributed by atoms with E-state index in [0.717, 1.165) is 17.7 Å². The Balaban J connectivity index is 1.90. The van der Waals surface area contributed by atoms with Crippen LogP contribution in [-0.4, -0.2) is 28.6 Å². The number of hydrogen-bond acceptors (Lipinski definition) is 3. The maximum Gasteiger partial charge on any atom is 0.255 e. The highest BCUT2D eigenvalue weighted by Crippen LogP contribution is 2.22. The zero-order chi connectivity index (χ0) is 22.7. The summed E-state index contributed by atoms with van der Waals surface area (Å²) in [5.41, 5.74) is 2.29. The van der Waals surface area contributed by atoms with Gasteiger partial charge in [-0.15, -0.1) is 0 Å². The summed E-state index contributed by atoms with van der Waals surface area (Å²) < 4.78 is 28.7. The molecule has 9 heteroatoms. The molecule has 3 rings (SSSR count). The van der Waals surface area contributed by atoms with Gasteiger partial charge in [-0.3, -0.25) is 14.3 Å². The summed E-state index contributed by atoms with van der Waals surface area (Å²) in [4.78, 5) is 25.4. The Morgan fingerprint density at radius 2 is 1.84 bits per heavy atom. The molecule has 1 aromatic heterocycles. The Morgan fingerprint density at radius 1 is 1.13 bits per heavy atom. The number of amides is 2. The van der Waals surface area contributed by atoms with Crippen LogP contribution in [0.1, 0.15) is 38.9 Å². The van der Waals surface area contributed by atoms with Gasteiger partial charge >= 0.3 is 0 Å². The number of nitrogens with zero attached hydrogens (tertiary/aromatic N) is 2. The van der Waals surface area contributed by atoms with E-state index in [2.05, 4.69) is 15.7 Å². The average molecular weight is 447 g/mol. The van der Waals surface area contributed by atoms with Crippen LogP contribution in [0.2, 0.25) is 5.02 Å². The fourth-order valence-corrected chi connectivity index (χ4v) is 3.50. The molecular formula is C22H21ClF2N4O2. The van der Waals surface area contributed by atoms with Crippen LogP contribution in [0.15, 0.2) is 42.5 Å². The van der Waals surface area contributed by atoms with Crippen molar-refractivity contribution in [1.29, 1.82) is 0 Å². The van der Waals surface area contributed by atoms with Gasteiger partial charge in [0.1, 0.15) is 6.04 Å². The van der Waals surface area contributed by atoms with Gasteiger partial charge in [0.2, 0.25) is 5.91 Å². The number of aryl methyl sites for hydroxylation is 1. The molecule has 1 heterocycles. The van der Waals surface area contributed by atoms with E-state index >= 15 is 0 Å². The molecule has 1 unspecified atom stereocenters. The van der Waals surface area contributed by atoms with E-state index in [4.69, 9.17) is 11.6 Å². The number of carbonyl (C=O) groups is 2. The first-order valence-corrected chi connectivity index (χ1v) is 9.85. The van der Waals surface area contributed by atoms with E-state index in [0.29, 0.717) is 28.5 Å². The summed E-state index contributed by atoms with van der Waals surface area (Å²) in [6.45, 7) is 3.78. The molecule has 0 aliphatic carbocycles. The second-order valence-electron chi connectivity index (χ2n) is 6.99. The molecule has 2 amide bonds. The van der Waals surface area contributed by atoms with Gasteiger partial charge in [0.15, 0.2) is 11.6 Å². The molecule has 0 radical (unpaired) electrons. The summed E-state index contributed by atoms with van der Waals surface area (Å²) in [5.74, 6) is -3.28. The van der Waals surface area contributed by atoms with Crippen molar-refractivity contribution in [2.45, 2.75) is 26.4 Å². The van der Waals surface area contributed by atoms with Crippen LogP contribution in [0.4, 0.5) is 8.78 Å². The second-order valence-corrected chi connectivity index (χ2v) is 7.40. The quantitative estimate of drug-likeness (QED) is 0.606. The number of carbonyl (C=O) groups excluding carboxylic acids is 2. The normalized spacial score (nSPS) is 11.8. The maximum atomic E-state index is 13.7. The Labute approximate surface area is 183 Å². The fraction of sp³-hybridized carbons (Fsp3) is 0.227. The van der Waals surface area contributed by atoms with Gasteiger partial charge in [0.25, 0.3) is 5.91 Å². The van der Waals surface area contributed by atoms with Gasteiger partial charge in [-0.25, -0.2) is 8.78 Å². The van der Waals surface area contributed by atoms with Crippen LogP contribution in [0.5, 0.6) is 0 Å². The highest BCUT2D eigenvalue weighted by molar-refractivity contribution is 6.31. The summed E-state index contributed by atoms with van der Waals surface area (Å²) in [7, 11) is 1.39. The van der Waals surface area contributed by atoms with E-state index in [1.54, 1.807) is 24.6 Å². The molecule has 0 bridgehead atoms. The van der Waals surface area contributed by atoms with Gasteiger partial charge < -0.3 is 10.6 Å². The lowest BCUT2D eigenvalue weighted by Crippen LogP contribution is -2.39. The van der Waals surface area contributed by atoms with E-state index in [1.807, 2.05) is 18.2 Å². The SMILES string of the molecule is CNC(=O)C(NC(=O)c1c(C)nn(Cc2ccccc2Cl)c1C)c1ccc(F)c(F)c1. The highest BCUT2D eigenvalue weighted by Gasteiger charge is 2.27. The molecule has 2 aromatic carbocycles. The second kappa shape index (κ2) is 9.26. The monoisotopic (exact) mass is 446 g/mol. The molecule has 3 aromatic rings. The van der Waals surface area contributed by atoms with Crippen LogP contribution < -0.4 is 10.6 Å². The van der Waals surface area contributed by atoms with Crippen molar-refractivity contribution in [3.63, 3.8) is 0 Å². The first-order valence-electron chi connectivity index (χ1n) is 9.47. The molecule has 0 saturated heterocycles. The zero-order valence-corrected chi connectivity index (χ0v) is 17.9. The lowest BCUT2D eigenvalue weighted by molar-refractivity contribution is -0.122. The first-order chi connectivity index (χ1) is 14.7. The van der Waals surface area contributed by atoms with Crippen molar-refractivity contribution in [2.75, 3.05) is 7.05 Å².